The van der Waals surface area contributed by atoms with Crippen LogP contribution in [-0.4, -0.2) is 52.0 Å². The Labute approximate surface area is 97.9 Å². The van der Waals surface area contributed by atoms with Crippen molar-refractivity contribution < 1.29 is 14.3 Å². The molecule has 0 fully saturated rings. The van der Waals surface area contributed by atoms with E-state index in [0.717, 1.165) is 13.0 Å². The lowest BCUT2D eigenvalue weighted by Crippen LogP contribution is -2.38. The number of hydrogen-bond donors (Lipinski definition) is 2. The van der Waals surface area contributed by atoms with Gasteiger partial charge in [-0.25, -0.2) is 0 Å². The average Bonchev–Trinajstić information content (AvgIpc) is 2.21. The van der Waals surface area contributed by atoms with Gasteiger partial charge < -0.3 is 20.1 Å². The van der Waals surface area contributed by atoms with E-state index in [4.69, 9.17) is 9.47 Å². The maximum atomic E-state index is 11.2. The summed E-state index contributed by atoms with van der Waals surface area (Å²) >= 11 is 0. The number of nitrogens with one attached hydrogen (secondary N) is 2. The second-order valence-corrected chi connectivity index (χ2v) is 3.86. The third kappa shape index (κ3) is 11.4. The van der Waals surface area contributed by atoms with Crippen molar-refractivity contribution in [3.05, 3.63) is 0 Å². The molecular weight excluding hydrogens is 208 g/mol. The first-order valence-electron chi connectivity index (χ1n) is 5.73. The molecule has 5 nitrogen and oxygen atoms in total. The van der Waals surface area contributed by atoms with Gasteiger partial charge in [-0.05, 0) is 20.3 Å². The predicted molar refractivity (Wildman–Crippen MR) is 63.5 cm³/mol. The summed E-state index contributed by atoms with van der Waals surface area (Å²) in [4.78, 5) is 11.2. The van der Waals surface area contributed by atoms with Crippen LogP contribution in [0.2, 0.25) is 0 Å². The number of hydrogen-bond acceptors (Lipinski definition) is 4. The molecule has 0 spiro atoms. The fourth-order valence-electron chi connectivity index (χ4n) is 1.13. The summed E-state index contributed by atoms with van der Waals surface area (Å²) in [6, 6.07) is 0.194. The Balaban J connectivity index is 3.11. The van der Waals surface area contributed by atoms with Crippen molar-refractivity contribution in [2.45, 2.75) is 26.3 Å². The van der Waals surface area contributed by atoms with E-state index in [1.54, 1.807) is 7.11 Å². The third-order valence-electron chi connectivity index (χ3n) is 1.80. The van der Waals surface area contributed by atoms with Gasteiger partial charge in [-0.15, -0.1) is 0 Å². The minimum atomic E-state index is 0.0226. The van der Waals surface area contributed by atoms with Crippen molar-refractivity contribution in [3.8, 4) is 0 Å². The molecular formula is C11H24N2O3. The molecule has 1 amide bonds. The molecule has 0 aliphatic heterocycles. The van der Waals surface area contributed by atoms with Crippen LogP contribution in [0.1, 0.15) is 20.3 Å². The van der Waals surface area contributed by atoms with Crippen molar-refractivity contribution in [2.24, 2.45) is 0 Å². The van der Waals surface area contributed by atoms with Gasteiger partial charge in [0.05, 0.1) is 13.2 Å². The highest BCUT2D eigenvalue weighted by Gasteiger charge is 2.01. The Bertz CT molecular complexity index is 175. The minimum absolute atomic E-state index is 0.0226. The zero-order chi connectivity index (χ0) is 12.2. The lowest BCUT2D eigenvalue weighted by molar-refractivity contribution is -0.120. The largest absolute Gasteiger partial charge is 0.385 e. The van der Waals surface area contributed by atoms with Gasteiger partial charge in [0.15, 0.2) is 0 Å². The molecule has 0 saturated carbocycles. The van der Waals surface area contributed by atoms with Crippen molar-refractivity contribution in [1.82, 2.24) is 10.6 Å². The smallest absolute Gasteiger partial charge is 0.234 e. The van der Waals surface area contributed by atoms with Gasteiger partial charge in [-0.1, -0.05) is 0 Å². The summed E-state index contributed by atoms with van der Waals surface area (Å²) in [5.41, 5.74) is 0. The van der Waals surface area contributed by atoms with Crippen molar-refractivity contribution >= 4 is 5.91 Å². The van der Waals surface area contributed by atoms with Crippen molar-refractivity contribution in [1.29, 1.82) is 0 Å². The first-order chi connectivity index (χ1) is 7.66. The van der Waals surface area contributed by atoms with Gasteiger partial charge in [0, 0.05) is 32.9 Å². The summed E-state index contributed by atoms with van der Waals surface area (Å²) in [7, 11) is 1.68. The van der Waals surface area contributed by atoms with Crippen LogP contribution < -0.4 is 10.6 Å². The lowest BCUT2D eigenvalue weighted by atomic mass is 10.4. The predicted octanol–water partition coefficient (Wildman–Crippen LogP) is 0.154. The Morgan fingerprint density at radius 1 is 1.25 bits per heavy atom. The van der Waals surface area contributed by atoms with Crippen LogP contribution in [0, 0.1) is 0 Å². The zero-order valence-corrected chi connectivity index (χ0v) is 10.5. The maximum Gasteiger partial charge on any atom is 0.234 e. The SMILES string of the molecule is COCCCOCCNCC(=O)NC(C)C. The number of carbonyl (C=O) groups excluding carboxylic acids is 1. The molecule has 2 N–H and O–H groups in total. The Morgan fingerprint density at radius 2 is 2.00 bits per heavy atom. The van der Waals surface area contributed by atoms with E-state index in [1.807, 2.05) is 13.8 Å². The van der Waals surface area contributed by atoms with E-state index in [2.05, 4.69) is 10.6 Å². The topological polar surface area (TPSA) is 59.6 Å². The molecule has 0 bridgehead atoms. The minimum Gasteiger partial charge on any atom is -0.385 e. The van der Waals surface area contributed by atoms with Gasteiger partial charge in [0.2, 0.25) is 5.91 Å². The van der Waals surface area contributed by atoms with E-state index in [1.165, 1.54) is 0 Å². The summed E-state index contributed by atoms with van der Waals surface area (Å²) in [6.07, 6.45) is 0.907. The zero-order valence-electron chi connectivity index (χ0n) is 10.5. The number of rotatable bonds is 10. The van der Waals surface area contributed by atoms with E-state index >= 15 is 0 Å². The lowest BCUT2D eigenvalue weighted by Gasteiger charge is -2.09. The average molecular weight is 232 g/mol. The van der Waals surface area contributed by atoms with Crippen LogP contribution >= 0.6 is 0 Å². The fourth-order valence-corrected chi connectivity index (χ4v) is 1.13. The third-order valence-corrected chi connectivity index (χ3v) is 1.80. The molecule has 0 radical (unpaired) electrons. The molecule has 5 heteroatoms. The van der Waals surface area contributed by atoms with Gasteiger partial charge >= 0.3 is 0 Å². The number of methoxy groups -OCH3 is 1. The van der Waals surface area contributed by atoms with Crippen LogP contribution in [0.4, 0.5) is 0 Å². The van der Waals surface area contributed by atoms with E-state index in [0.29, 0.717) is 26.3 Å². The molecule has 0 heterocycles. The molecule has 0 saturated heterocycles. The second kappa shape index (κ2) is 10.9. The fraction of sp³-hybridized carbons (Fsp3) is 0.909. The molecule has 16 heavy (non-hydrogen) atoms. The Hall–Kier alpha value is -0.650. The number of ether oxygens (including phenoxy) is 2. The van der Waals surface area contributed by atoms with Crippen molar-refractivity contribution in [3.63, 3.8) is 0 Å². The summed E-state index contributed by atoms with van der Waals surface area (Å²) in [5, 5.41) is 5.82. The van der Waals surface area contributed by atoms with E-state index in [9.17, 15) is 4.79 Å². The normalized spacial score (nSPS) is 10.8. The molecule has 0 rings (SSSR count). The standard InChI is InChI=1S/C11H24N2O3/c1-10(2)13-11(14)9-12-5-8-16-7-4-6-15-3/h10,12H,4-9H2,1-3H3,(H,13,14). The molecule has 0 atom stereocenters. The van der Waals surface area contributed by atoms with Crippen LogP contribution in [0.3, 0.4) is 0 Å². The quantitative estimate of drug-likeness (QED) is 0.527. The highest BCUT2D eigenvalue weighted by atomic mass is 16.5. The Kier molecular flexibility index (Phi) is 10.4. The van der Waals surface area contributed by atoms with E-state index < -0.39 is 0 Å². The highest BCUT2D eigenvalue weighted by molar-refractivity contribution is 5.78. The van der Waals surface area contributed by atoms with Gasteiger partial charge in [-0.2, -0.15) is 0 Å². The van der Waals surface area contributed by atoms with Crippen LogP contribution in [0.25, 0.3) is 0 Å². The molecule has 0 unspecified atom stereocenters. The van der Waals surface area contributed by atoms with Gasteiger partial charge in [-0.3, -0.25) is 4.79 Å². The molecule has 0 aromatic carbocycles. The summed E-state index contributed by atoms with van der Waals surface area (Å²) < 4.78 is 10.2. The van der Waals surface area contributed by atoms with Crippen LogP contribution in [-0.2, 0) is 14.3 Å². The maximum absolute atomic E-state index is 11.2. The van der Waals surface area contributed by atoms with E-state index in [-0.39, 0.29) is 11.9 Å². The Morgan fingerprint density at radius 3 is 2.62 bits per heavy atom. The molecule has 0 aliphatic carbocycles. The van der Waals surface area contributed by atoms with Gasteiger partial charge in [0.25, 0.3) is 0 Å². The van der Waals surface area contributed by atoms with Gasteiger partial charge in [0.1, 0.15) is 0 Å². The first kappa shape index (κ1) is 15.3. The second-order valence-electron chi connectivity index (χ2n) is 3.86. The van der Waals surface area contributed by atoms with Crippen molar-refractivity contribution in [2.75, 3.05) is 40.0 Å². The number of carbonyl (C=O) groups is 1. The van der Waals surface area contributed by atoms with Crippen LogP contribution in [0.5, 0.6) is 0 Å². The molecule has 0 aromatic rings. The first-order valence-corrected chi connectivity index (χ1v) is 5.73. The summed E-state index contributed by atoms with van der Waals surface area (Å²) in [5.74, 6) is 0.0226. The highest BCUT2D eigenvalue weighted by Crippen LogP contribution is 1.82. The number of amides is 1. The molecule has 0 aliphatic rings. The van der Waals surface area contributed by atoms with Crippen LogP contribution in [0.15, 0.2) is 0 Å². The molecule has 0 aromatic heterocycles. The monoisotopic (exact) mass is 232 g/mol. The summed E-state index contributed by atoms with van der Waals surface area (Å²) in [6.45, 7) is 6.97. The molecule has 96 valence electrons.